The highest BCUT2D eigenvalue weighted by molar-refractivity contribution is 5.15. The third-order valence-electron chi connectivity index (χ3n) is 3.51. The second-order valence-corrected chi connectivity index (χ2v) is 4.86. The molecule has 1 aliphatic heterocycles. The molecule has 0 saturated carbocycles. The van der Waals surface area contributed by atoms with Gasteiger partial charge in [-0.2, -0.15) is 0 Å². The molecule has 0 radical (unpaired) electrons. The standard InChI is InChI=1S/C13H17N5O/c19-9-11-6-7-12(14-11)13-15-16-17-18(13)8-10-4-2-1-3-5-10/h1-5,11-12,14,19H,6-9H2/t11-,12+/m0/s1. The lowest BCUT2D eigenvalue weighted by Crippen LogP contribution is -2.29. The lowest BCUT2D eigenvalue weighted by Gasteiger charge is -2.12. The summed E-state index contributed by atoms with van der Waals surface area (Å²) in [4.78, 5) is 0. The van der Waals surface area contributed by atoms with Crippen molar-refractivity contribution < 1.29 is 5.11 Å². The number of aromatic nitrogens is 4. The van der Waals surface area contributed by atoms with Gasteiger partial charge >= 0.3 is 0 Å². The third-order valence-corrected chi connectivity index (χ3v) is 3.51. The fourth-order valence-electron chi connectivity index (χ4n) is 2.50. The molecule has 2 N–H and O–H groups in total. The predicted octanol–water partition coefficient (Wildman–Crippen LogP) is 0.507. The van der Waals surface area contributed by atoms with Gasteiger partial charge in [0.1, 0.15) is 0 Å². The van der Waals surface area contributed by atoms with Gasteiger partial charge in [-0.05, 0) is 28.8 Å². The van der Waals surface area contributed by atoms with Crippen LogP contribution in [0.25, 0.3) is 0 Å². The number of aliphatic hydroxyl groups is 1. The molecule has 1 aromatic carbocycles. The first-order valence-electron chi connectivity index (χ1n) is 6.53. The van der Waals surface area contributed by atoms with Gasteiger partial charge in [-0.25, -0.2) is 4.68 Å². The normalized spacial score (nSPS) is 22.8. The van der Waals surface area contributed by atoms with Crippen molar-refractivity contribution in [2.45, 2.75) is 31.5 Å². The van der Waals surface area contributed by atoms with Crippen LogP contribution in [0.5, 0.6) is 0 Å². The molecule has 2 atom stereocenters. The Morgan fingerprint density at radius 1 is 1.26 bits per heavy atom. The number of hydrogen-bond donors (Lipinski definition) is 2. The van der Waals surface area contributed by atoms with Crippen molar-refractivity contribution in [3.05, 3.63) is 41.7 Å². The van der Waals surface area contributed by atoms with Crippen LogP contribution < -0.4 is 5.32 Å². The van der Waals surface area contributed by atoms with Crippen molar-refractivity contribution in [2.75, 3.05) is 6.61 Å². The molecule has 1 aromatic heterocycles. The first kappa shape index (κ1) is 12.3. The average Bonchev–Trinajstić information content (AvgIpc) is 3.08. The number of benzene rings is 1. The summed E-state index contributed by atoms with van der Waals surface area (Å²) in [6.07, 6.45) is 1.92. The van der Waals surface area contributed by atoms with E-state index in [0.29, 0.717) is 6.54 Å². The molecule has 6 nitrogen and oxygen atoms in total. The number of tetrazole rings is 1. The van der Waals surface area contributed by atoms with E-state index in [1.54, 1.807) is 0 Å². The molecule has 0 unspecified atom stereocenters. The van der Waals surface area contributed by atoms with Crippen molar-refractivity contribution in [1.29, 1.82) is 0 Å². The first-order valence-corrected chi connectivity index (χ1v) is 6.53. The molecule has 1 fully saturated rings. The van der Waals surface area contributed by atoms with E-state index >= 15 is 0 Å². The Bertz CT molecular complexity index is 527. The van der Waals surface area contributed by atoms with Gasteiger partial charge in [0.25, 0.3) is 0 Å². The number of aliphatic hydroxyl groups excluding tert-OH is 1. The molecule has 1 aliphatic rings. The van der Waals surface area contributed by atoms with Crippen molar-refractivity contribution >= 4 is 0 Å². The Morgan fingerprint density at radius 3 is 2.84 bits per heavy atom. The lowest BCUT2D eigenvalue weighted by molar-refractivity contribution is 0.251. The fraction of sp³-hybridized carbons (Fsp3) is 0.462. The first-order chi connectivity index (χ1) is 9.36. The van der Waals surface area contributed by atoms with Crippen LogP contribution in [0.15, 0.2) is 30.3 Å². The van der Waals surface area contributed by atoms with Gasteiger partial charge in [0, 0.05) is 6.04 Å². The minimum Gasteiger partial charge on any atom is -0.395 e. The minimum absolute atomic E-state index is 0.135. The van der Waals surface area contributed by atoms with Crippen molar-refractivity contribution in [3.63, 3.8) is 0 Å². The van der Waals surface area contributed by atoms with Gasteiger partial charge < -0.3 is 10.4 Å². The third kappa shape index (κ3) is 2.64. The van der Waals surface area contributed by atoms with Crippen LogP contribution in [0.4, 0.5) is 0 Å². The average molecular weight is 259 g/mol. The zero-order valence-electron chi connectivity index (χ0n) is 10.6. The summed E-state index contributed by atoms with van der Waals surface area (Å²) in [7, 11) is 0. The maximum absolute atomic E-state index is 9.16. The van der Waals surface area contributed by atoms with Gasteiger partial charge in [-0.15, -0.1) is 5.10 Å². The Labute approximate surface area is 111 Å². The number of rotatable bonds is 4. The van der Waals surface area contributed by atoms with E-state index in [2.05, 4.69) is 33.0 Å². The van der Waals surface area contributed by atoms with Gasteiger partial charge in [0.15, 0.2) is 5.82 Å². The van der Waals surface area contributed by atoms with Crippen LogP contribution in [-0.2, 0) is 6.54 Å². The Balaban J connectivity index is 1.76. The summed E-state index contributed by atoms with van der Waals surface area (Å²) >= 11 is 0. The molecule has 3 rings (SSSR count). The van der Waals surface area contributed by atoms with Gasteiger partial charge in [-0.1, -0.05) is 30.3 Å². The molecule has 2 aromatic rings. The molecule has 0 bridgehead atoms. The monoisotopic (exact) mass is 259 g/mol. The summed E-state index contributed by atoms with van der Waals surface area (Å²) in [6, 6.07) is 10.4. The Kier molecular flexibility index (Phi) is 3.52. The molecular formula is C13H17N5O. The molecule has 0 aliphatic carbocycles. The largest absolute Gasteiger partial charge is 0.395 e. The number of hydrogen-bond acceptors (Lipinski definition) is 5. The van der Waals surface area contributed by atoms with E-state index in [0.717, 1.165) is 18.7 Å². The van der Waals surface area contributed by atoms with Gasteiger partial charge in [-0.3, -0.25) is 0 Å². The maximum Gasteiger partial charge on any atom is 0.168 e. The summed E-state index contributed by atoms with van der Waals surface area (Å²) in [5, 5.41) is 24.5. The minimum atomic E-state index is 0.135. The topological polar surface area (TPSA) is 75.9 Å². The van der Waals surface area contributed by atoms with E-state index in [4.69, 9.17) is 5.11 Å². The van der Waals surface area contributed by atoms with Gasteiger partial charge in [0.2, 0.25) is 0 Å². The van der Waals surface area contributed by atoms with Crippen molar-refractivity contribution in [1.82, 2.24) is 25.5 Å². The second kappa shape index (κ2) is 5.46. The highest BCUT2D eigenvalue weighted by atomic mass is 16.3. The molecule has 100 valence electrons. The van der Waals surface area contributed by atoms with Crippen LogP contribution in [0, 0.1) is 0 Å². The van der Waals surface area contributed by atoms with Crippen LogP contribution in [-0.4, -0.2) is 38.0 Å². The number of nitrogens with one attached hydrogen (secondary N) is 1. The lowest BCUT2D eigenvalue weighted by atomic mass is 10.2. The fourth-order valence-corrected chi connectivity index (χ4v) is 2.50. The van der Waals surface area contributed by atoms with Gasteiger partial charge in [0.05, 0.1) is 19.2 Å². The van der Waals surface area contributed by atoms with Crippen LogP contribution in [0.3, 0.4) is 0 Å². The maximum atomic E-state index is 9.16. The van der Waals surface area contributed by atoms with E-state index in [-0.39, 0.29) is 18.7 Å². The van der Waals surface area contributed by atoms with E-state index < -0.39 is 0 Å². The summed E-state index contributed by atoms with van der Waals surface area (Å²) in [5.74, 6) is 0.847. The van der Waals surface area contributed by atoms with E-state index in [1.807, 2.05) is 22.9 Å². The van der Waals surface area contributed by atoms with E-state index in [9.17, 15) is 0 Å². The van der Waals surface area contributed by atoms with Crippen LogP contribution in [0.1, 0.15) is 30.3 Å². The van der Waals surface area contributed by atoms with Crippen LogP contribution >= 0.6 is 0 Å². The predicted molar refractivity (Wildman–Crippen MR) is 69.3 cm³/mol. The highest BCUT2D eigenvalue weighted by Gasteiger charge is 2.28. The smallest absolute Gasteiger partial charge is 0.168 e. The molecule has 0 amide bonds. The number of nitrogens with zero attached hydrogens (tertiary/aromatic N) is 4. The SMILES string of the molecule is OC[C@@H]1CC[C@H](c2nnnn2Cc2ccccc2)N1. The Morgan fingerprint density at radius 2 is 2.11 bits per heavy atom. The molecular weight excluding hydrogens is 242 g/mol. The molecule has 1 saturated heterocycles. The van der Waals surface area contributed by atoms with E-state index in [1.165, 1.54) is 5.56 Å². The highest BCUT2D eigenvalue weighted by Crippen LogP contribution is 2.24. The molecule has 2 heterocycles. The van der Waals surface area contributed by atoms with Crippen LogP contribution in [0.2, 0.25) is 0 Å². The summed E-state index contributed by atoms with van der Waals surface area (Å²) < 4.78 is 1.83. The zero-order valence-corrected chi connectivity index (χ0v) is 10.6. The molecule has 19 heavy (non-hydrogen) atoms. The molecule has 0 spiro atoms. The molecule has 6 heteroatoms. The Hall–Kier alpha value is -1.79. The second-order valence-electron chi connectivity index (χ2n) is 4.86. The summed E-state index contributed by atoms with van der Waals surface area (Å²) in [6.45, 7) is 0.835. The summed E-state index contributed by atoms with van der Waals surface area (Å²) in [5.41, 5.74) is 1.17. The van der Waals surface area contributed by atoms with Crippen molar-refractivity contribution in [2.24, 2.45) is 0 Å². The zero-order chi connectivity index (χ0) is 13.1. The quantitative estimate of drug-likeness (QED) is 0.836. The van der Waals surface area contributed by atoms with Crippen molar-refractivity contribution in [3.8, 4) is 0 Å².